The Morgan fingerprint density at radius 2 is 1.86 bits per heavy atom. The molecular weight excluding hydrogens is 280 g/mol. The van der Waals surface area contributed by atoms with Crippen LogP contribution in [0.15, 0.2) is 24.3 Å². The third kappa shape index (κ3) is 5.01. The number of nitro groups is 1. The van der Waals surface area contributed by atoms with Crippen LogP contribution < -0.4 is 5.32 Å². The van der Waals surface area contributed by atoms with Crippen LogP contribution in [0.1, 0.15) is 31.2 Å². The van der Waals surface area contributed by atoms with Crippen molar-refractivity contribution in [1.82, 2.24) is 5.32 Å². The molecule has 1 heterocycles. The third-order valence-electron chi connectivity index (χ3n) is 2.75. The second kappa shape index (κ2) is 7.13. The van der Waals surface area contributed by atoms with E-state index < -0.39 is 16.8 Å². The zero-order valence-electron chi connectivity index (χ0n) is 11.2. The highest BCUT2D eigenvalue weighted by atomic mass is 16.6. The quantitative estimate of drug-likeness (QED) is 0.479. The number of hydrogen-bond acceptors (Lipinski definition) is 5. The van der Waals surface area contributed by atoms with Gasteiger partial charge in [0.1, 0.15) is 0 Å². The zero-order chi connectivity index (χ0) is 16.0. The molecule has 1 unspecified atom stereocenters. The molecule has 0 saturated carbocycles. The maximum absolute atomic E-state index is 11.6. The number of carbonyl (C=O) groups excluding carboxylic acids is 2. The number of rotatable bonds is 2. The maximum Gasteiger partial charge on any atom is 0.300 e. The van der Waals surface area contributed by atoms with Gasteiger partial charge in [0.25, 0.3) is 11.7 Å². The Labute approximate surface area is 119 Å². The van der Waals surface area contributed by atoms with Crippen molar-refractivity contribution in [3.05, 3.63) is 39.9 Å². The van der Waals surface area contributed by atoms with E-state index in [0.29, 0.717) is 18.4 Å². The number of nitrogens with one attached hydrogen (secondary N) is 1. The summed E-state index contributed by atoms with van der Waals surface area (Å²) in [6.45, 7) is 1.08. The average Bonchev–Trinajstić information content (AvgIpc) is 2.38. The van der Waals surface area contributed by atoms with Crippen LogP contribution in [0.2, 0.25) is 0 Å². The molecule has 0 spiro atoms. The summed E-state index contributed by atoms with van der Waals surface area (Å²) in [5.41, 5.74) is 0.682. The van der Waals surface area contributed by atoms with Crippen molar-refractivity contribution in [2.75, 3.05) is 0 Å². The van der Waals surface area contributed by atoms with Crippen LogP contribution in [-0.2, 0) is 14.4 Å². The summed E-state index contributed by atoms with van der Waals surface area (Å²) in [6.07, 6.45) is 0.746. The van der Waals surface area contributed by atoms with Crippen molar-refractivity contribution in [2.24, 2.45) is 0 Å². The van der Waals surface area contributed by atoms with Gasteiger partial charge in [0.2, 0.25) is 11.8 Å². The normalized spacial score (nSPS) is 17.3. The van der Waals surface area contributed by atoms with Gasteiger partial charge in [-0.3, -0.25) is 29.8 Å². The summed E-state index contributed by atoms with van der Waals surface area (Å²) in [6, 6.07) is 5.83. The van der Waals surface area contributed by atoms with Gasteiger partial charge in [-0.1, -0.05) is 12.1 Å². The fourth-order valence-electron chi connectivity index (χ4n) is 1.84. The molecule has 0 radical (unpaired) electrons. The molecule has 0 bridgehead atoms. The van der Waals surface area contributed by atoms with Crippen LogP contribution in [-0.4, -0.2) is 27.8 Å². The summed E-state index contributed by atoms with van der Waals surface area (Å²) >= 11 is 0. The first-order valence-electron chi connectivity index (χ1n) is 6.09. The van der Waals surface area contributed by atoms with Crippen molar-refractivity contribution >= 4 is 23.5 Å². The van der Waals surface area contributed by atoms with E-state index in [4.69, 9.17) is 9.90 Å². The topological polar surface area (TPSA) is 127 Å². The number of aliphatic carboxylic acids is 1. The summed E-state index contributed by atoms with van der Waals surface area (Å²) in [4.78, 5) is 41.5. The number of carboxylic acids is 1. The summed E-state index contributed by atoms with van der Waals surface area (Å²) in [5, 5.41) is 20.1. The molecule has 2 amide bonds. The molecule has 2 N–H and O–H groups in total. The number of amides is 2. The van der Waals surface area contributed by atoms with Crippen molar-refractivity contribution in [3.63, 3.8) is 0 Å². The van der Waals surface area contributed by atoms with E-state index in [-0.39, 0.29) is 17.5 Å². The van der Waals surface area contributed by atoms with Crippen molar-refractivity contribution in [1.29, 1.82) is 0 Å². The molecule has 1 aromatic rings. The smallest absolute Gasteiger partial charge is 0.300 e. The molecule has 0 aliphatic carbocycles. The van der Waals surface area contributed by atoms with Gasteiger partial charge in [0, 0.05) is 25.5 Å². The number of carbonyl (C=O) groups is 3. The van der Waals surface area contributed by atoms with E-state index in [0.717, 1.165) is 6.92 Å². The minimum absolute atomic E-state index is 0.0129. The van der Waals surface area contributed by atoms with E-state index >= 15 is 0 Å². The summed E-state index contributed by atoms with van der Waals surface area (Å²) in [7, 11) is 0. The number of nitrogens with zero attached hydrogens (tertiary/aromatic N) is 1. The fourth-order valence-corrected chi connectivity index (χ4v) is 1.84. The minimum atomic E-state index is -0.833. The van der Waals surface area contributed by atoms with Crippen LogP contribution in [0.3, 0.4) is 0 Å². The standard InChI is InChI=1S/C11H10N2O4.C2H4O2/c14-10-6-5-9(11(15)12-10)7-1-3-8(4-2-7)13(16)17;1-2(3)4/h1-4,9H,5-6H2,(H,12,14,15);1H3,(H,3,4). The lowest BCUT2D eigenvalue weighted by Gasteiger charge is -2.20. The second-order valence-electron chi connectivity index (χ2n) is 4.37. The molecule has 1 aliphatic rings. The molecule has 2 rings (SSSR count). The monoisotopic (exact) mass is 294 g/mol. The Hall–Kier alpha value is -2.77. The van der Waals surface area contributed by atoms with Crippen molar-refractivity contribution in [2.45, 2.75) is 25.7 Å². The summed E-state index contributed by atoms with van der Waals surface area (Å²) in [5.74, 6) is -1.84. The Balaban J connectivity index is 0.000000491. The second-order valence-corrected chi connectivity index (χ2v) is 4.37. The highest BCUT2D eigenvalue weighted by Gasteiger charge is 2.27. The van der Waals surface area contributed by atoms with E-state index in [1.165, 1.54) is 12.1 Å². The lowest BCUT2D eigenvalue weighted by atomic mass is 9.90. The number of benzene rings is 1. The van der Waals surface area contributed by atoms with E-state index in [9.17, 15) is 19.7 Å². The largest absolute Gasteiger partial charge is 0.481 e. The molecule has 1 aliphatic heterocycles. The first-order valence-corrected chi connectivity index (χ1v) is 6.09. The Bertz CT molecular complexity index is 563. The number of nitro benzene ring substituents is 1. The molecule has 8 nitrogen and oxygen atoms in total. The van der Waals surface area contributed by atoms with Gasteiger partial charge in [0.05, 0.1) is 10.8 Å². The minimum Gasteiger partial charge on any atom is -0.481 e. The first-order chi connectivity index (χ1) is 9.81. The predicted molar refractivity (Wildman–Crippen MR) is 71.5 cm³/mol. The van der Waals surface area contributed by atoms with Crippen LogP contribution in [0.25, 0.3) is 0 Å². The SMILES string of the molecule is CC(=O)O.O=C1CCC(c2ccc([N+](=O)[O-])cc2)C(=O)N1. The first kappa shape index (κ1) is 16.3. The Kier molecular flexibility index (Phi) is 5.53. The van der Waals surface area contributed by atoms with Crippen molar-refractivity contribution in [3.8, 4) is 0 Å². The van der Waals surface area contributed by atoms with Gasteiger partial charge < -0.3 is 5.11 Å². The van der Waals surface area contributed by atoms with Crippen LogP contribution in [0.4, 0.5) is 5.69 Å². The van der Waals surface area contributed by atoms with E-state index in [1.54, 1.807) is 12.1 Å². The van der Waals surface area contributed by atoms with E-state index in [1.807, 2.05) is 0 Å². The van der Waals surface area contributed by atoms with Gasteiger partial charge in [-0.2, -0.15) is 0 Å². The molecule has 112 valence electrons. The van der Waals surface area contributed by atoms with Gasteiger partial charge in [-0.05, 0) is 12.0 Å². The predicted octanol–water partition coefficient (Wildman–Crippen LogP) is 1.21. The maximum atomic E-state index is 11.6. The zero-order valence-corrected chi connectivity index (χ0v) is 11.2. The molecular formula is C13H14N2O6. The Morgan fingerprint density at radius 1 is 1.33 bits per heavy atom. The molecule has 0 aromatic heterocycles. The van der Waals surface area contributed by atoms with Crippen LogP contribution in [0, 0.1) is 10.1 Å². The fraction of sp³-hybridized carbons (Fsp3) is 0.308. The number of hydrogen-bond donors (Lipinski definition) is 2. The number of non-ortho nitro benzene ring substituents is 1. The molecule has 8 heteroatoms. The van der Waals surface area contributed by atoms with Gasteiger partial charge in [-0.25, -0.2) is 0 Å². The third-order valence-corrected chi connectivity index (χ3v) is 2.75. The van der Waals surface area contributed by atoms with Gasteiger partial charge in [-0.15, -0.1) is 0 Å². The highest BCUT2D eigenvalue weighted by Crippen LogP contribution is 2.26. The van der Waals surface area contributed by atoms with Gasteiger partial charge in [0.15, 0.2) is 0 Å². The molecule has 1 saturated heterocycles. The lowest BCUT2D eigenvalue weighted by Crippen LogP contribution is -2.39. The van der Waals surface area contributed by atoms with E-state index in [2.05, 4.69) is 5.32 Å². The number of imide groups is 1. The molecule has 1 atom stereocenters. The Morgan fingerprint density at radius 3 is 2.29 bits per heavy atom. The average molecular weight is 294 g/mol. The van der Waals surface area contributed by atoms with Gasteiger partial charge >= 0.3 is 0 Å². The highest BCUT2D eigenvalue weighted by molar-refractivity contribution is 6.00. The summed E-state index contributed by atoms with van der Waals surface area (Å²) < 4.78 is 0. The molecule has 1 aromatic carbocycles. The lowest BCUT2D eigenvalue weighted by molar-refractivity contribution is -0.384. The number of piperidine rings is 1. The van der Waals surface area contributed by atoms with Crippen molar-refractivity contribution < 1.29 is 24.4 Å². The van der Waals surface area contributed by atoms with Crippen LogP contribution in [0.5, 0.6) is 0 Å². The number of carboxylic acid groups (broad SMARTS) is 1. The molecule has 21 heavy (non-hydrogen) atoms. The molecule has 1 fully saturated rings. The van der Waals surface area contributed by atoms with Crippen LogP contribution >= 0.6 is 0 Å².